The molecule has 0 fully saturated rings. The maximum atomic E-state index is 14.1. The Morgan fingerprint density at radius 3 is 2.59 bits per heavy atom. The topological polar surface area (TPSA) is 56.3 Å². The van der Waals surface area contributed by atoms with Crippen molar-refractivity contribution in [3.8, 4) is 22.9 Å². The third-order valence-corrected chi connectivity index (χ3v) is 9.07. The van der Waals surface area contributed by atoms with E-state index in [-0.39, 0.29) is 10.1 Å². The van der Waals surface area contributed by atoms with Gasteiger partial charge in [-0.1, -0.05) is 12.1 Å². The van der Waals surface area contributed by atoms with Crippen molar-refractivity contribution in [2.45, 2.75) is 0 Å². The molecular weight excluding hydrogens is 488 g/mol. The molecule has 1 spiro atoms. The number of fused-ring (bicyclic) bond motifs is 5. The molecule has 0 saturated heterocycles. The van der Waals surface area contributed by atoms with E-state index in [0.717, 1.165) is 78.3 Å². The summed E-state index contributed by atoms with van der Waals surface area (Å²) in [6.07, 6.45) is 4.00. The third-order valence-electron chi connectivity index (χ3n) is 9.07. The van der Waals surface area contributed by atoms with Gasteiger partial charge in [-0.25, -0.2) is 0 Å². The van der Waals surface area contributed by atoms with E-state index >= 15 is 0 Å². The second kappa shape index (κ2) is 5.57. The van der Waals surface area contributed by atoms with Crippen LogP contribution in [0.4, 0.5) is 11.4 Å². The van der Waals surface area contributed by atoms with Crippen LogP contribution in [0.3, 0.4) is 0 Å². The van der Waals surface area contributed by atoms with E-state index in [1.165, 1.54) is 0 Å². The first kappa shape index (κ1) is 18.8. The molecule has 0 bridgehead atoms. The lowest BCUT2D eigenvalue weighted by molar-refractivity contribution is -1.01. The smallest absolute Gasteiger partial charge is 0.358 e. The van der Waals surface area contributed by atoms with E-state index in [4.69, 9.17) is 9.72 Å². The summed E-state index contributed by atoms with van der Waals surface area (Å²) in [5.41, 5.74) is 7.82. The van der Waals surface area contributed by atoms with Crippen molar-refractivity contribution in [1.82, 2.24) is 18.7 Å². The number of ether oxygens (including phenoxy) is 1. The van der Waals surface area contributed by atoms with Crippen molar-refractivity contribution in [2.24, 2.45) is 7.05 Å². The van der Waals surface area contributed by atoms with Gasteiger partial charge in [-0.15, -0.1) is 4.98 Å². The van der Waals surface area contributed by atoms with Gasteiger partial charge in [0.2, 0.25) is 16.7 Å². The van der Waals surface area contributed by atoms with Gasteiger partial charge in [0.05, 0.1) is 27.9 Å². The number of para-hydroxylation sites is 2. The average Bonchev–Trinajstić information content (AvgIpc) is 3.58. The summed E-state index contributed by atoms with van der Waals surface area (Å²) >= 11 is 0. The van der Waals surface area contributed by atoms with Gasteiger partial charge in [0, 0.05) is 5.39 Å². The maximum absolute atomic E-state index is 14.1. The molecule has 11 rings (SSSR count). The molecule has 5 aromatic heterocycles. The highest BCUT2D eigenvalue weighted by Crippen LogP contribution is 2.59. The van der Waals surface area contributed by atoms with Gasteiger partial charge < -0.3 is 4.74 Å². The fourth-order valence-electron chi connectivity index (χ4n) is 7.75. The van der Waals surface area contributed by atoms with Crippen LogP contribution in [0.15, 0.2) is 90.0 Å². The molecule has 0 radical (unpaired) electrons. The molecular formula is C31H17N6O2+3. The molecule has 180 valence electrons. The van der Waals surface area contributed by atoms with Crippen LogP contribution >= 0.6 is 0 Å². The van der Waals surface area contributed by atoms with E-state index in [2.05, 4.69) is 68.0 Å². The first-order valence-corrected chi connectivity index (χ1v) is 13.0. The van der Waals surface area contributed by atoms with Gasteiger partial charge in [-0.2, -0.15) is 4.40 Å². The molecule has 0 N–H and O–H groups in total. The van der Waals surface area contributed by atoms with Crippen molar-refractivity contribution in [2.75, 3.05) is 0 Å². The maximum Gasteiger partial charge on any atom is 0.358 e. The minimum atomic E-state index is 0.0415. The van der Waals surface area contributed by atoms with Crippen LogP contribution in [0.25, 0.3) is 60.8 Å². The Morgan fingerprint density at radius 2 is 1.64 bits per heavy atom. The molecule has 0 saturated carbocycles. The van der Waals surface area contributed by atoms with Crippen LogP contribution in [0.5, 0.6) is 11.5 Å². The molecule has 8 heterocycles. The Balaban J connectivity index is 1.56. The van der Waals surface area contributed by atoms with Crippen molar-refractivity contribution < 1.29 is 14.1 Å². The summed E-state index contributed by atoms with van der Waals surface area (Å²) in [5, 5.41) is 3.59. The van der Waals surface area contributed by atoms with Crippen LogP contribution in [-0.4, -0.2) is 14.0 Å². The standard InChI is InChI=1S/C31H17N6O2/c1-33-21-10-4-14-32-29(21)36-30(33)20-8-3-11-22-26(20)37(36)27-23(39-22)13-12-19-25(27)35-24-16(6-2-7-18(24)28(19)38)17-9-5-15-34(37)31(17)35/h2-15H,1H3/q+3. The first-order chi connectivity index (χ1) is 19.2. The number of hydrogen-bond donors (Lipinski definition) is 0. The van der Waals surface area contributed by atoms with Crippen LogP contribution in [-0.2, 0) is 7.05 Å². The quantitative estimate of drug-likeness (QED) is 0.172. The highest BCUT2D eigenvalue weighted by Gasteiger charge is 2.67. The lowest BCUT2D eigenvalue weighted by Gasteiger charge is -2.33. The van der Waals surface area contributed by atoms with Gasteiger partial charge in [0.25, 0.3) is 11.5 Å². The molecule has 1 atom stereocenters. The Bertz CT molecular complexity index is 2580. The van der Waals surface area contributed by atoms with E-state index < -0.39 is 0 Å². The van der Waals surface area contributed by atoms with Crippen molar-refractivity contribution >= 4 is 60.8 Å². The third kappa shape index (κ3) is 1.64. The summed E-state index contributed by atoms with van der Waals surface area (Å²) in [7, 11) is 2.09. The molecule has 8 aromatic rings. The number of pyridine rings is 3. The van der Waals surface area contributed by atoms with Crippen molar-refractivity contribution in [3.63, 3.8) is 0 Å². The second-order valence-electron chi connectivity index (χ2n) is 10.7. The molecule has 39 heavy (non-hydrogen) atoms. The Hall–Kier alpha value is -5.34. The summed E-state index contributed by atoms with van der Waals surface area (Å²) in [6.45, 7) is 0. The zero-order valence-electron chi connectivity index (χ0n) is 20.6. The number of benzene rings is 3. The van der Waals surface area contributed by atoms with Crippen LogP contribution < -0.4 is 24.2 Å². The molecule has 1 unspecified atom stereocenters. The predicted molar refractivity (Wildman–Crippen MR) is 146 cm³/mol. The lowest BCUT2D eigenvalue weighted by atomic mass is 10.0. The van der Waals surface area contributed by atoms with E-state index in [0.29, 0.717) is 5.39 Å². The minimum Gasteiger partial charge on any atom is -0.444 e. The number of hydrogen-bond acceptors (Lipinski definition) is 3. The SMILES string of the molecule is Cn1c2[n+](c3ncccc31)[N+]13c4c(cccc4-2)Oc2ccc4c(=O)c5cccc6c7ccc[n+]1c7n(c4c23)c56. The van der Waals surface area contributed by atoms with Gasteiger partial charge >= 0.3 is 17.0 Å². The second-order valence-corrected chi connectivity index (χ2v) is 10.7. The molecule has 0 amide bonds. The van der Waals surface area contributed by atoms with Crippen molar-refractivity contribution in [1.29, 1.82) is 0 Å². The molecule has 3 aliphatic heterocycles. The first-order valence-electron chi connectivity index (χ1n) is 13.0. The largest absolute Gasteiger partial charge is 0.444 e. The lowest BCUT2D eigenvalue weighted by Crippen LogP contribution is -2.83. The van der Waals surface area contributed by atoms with Crippen LogP contribution in [0.2, 0.25) is 0 Å². The Kier molecular flexibility index (Phi) is 2.69. The van der Waals surface area contributed by atoms with E-state index in [1.54, 1.807) is 0 Å². The summed E-state index contributed by atoms with van der Waals surface area (Å²) in [6, 6.07) is 24.6. The molecule has 8 nitrogen and oxygen atoms in total. The fourth-order valence-corrected chi connectivity index (χ4v) is 7.75. The predicted octanol–water partition coefficient (Wildman–Crippen LogP) is 4.62. The number of aromatic nitrogens is 5. The monoisotopic (exact) mass is 505 g/mol. The van der Waals surface area contributed by atoms with Crippen LogP contribution in [0.1, 0.15) is 0 Å². The molecule has 3 aliphatic rings. The number of aryl methyl sites for hydroxylation is 1. The summed E-state index contributed by atoms with van der Waals surface area (Å²) in [5.74, 6) is 2.56. The molecule has 0 aliphatic carbocycles. The molecule has 8 heteroatoms. The van der Waals surface area contributed by atoms with E-state index in [9.17, 15) is 4.79 Å². The number of rotatable bonds is 0. The number of nitrogens with zero attached hydrogens (tertiary/aromatic N) is 6. The van der Waals surface area contributed by atoms with Gasteiger partial charge in [-0.05, 0) is 70.0 Å². The highest BCUT2D eigenvalue weighted by atomic mass is 16.5. The Morgan fingerprint density at radius 1 is 0.821 bits per heavy atom. The summed E-state index contributed by atoms with van der Waals surface area (Å²) in [4.78, 5) is 19.0. The van der Waals surface area contributed by atoms with Crippen LogP contribution in [0, 0.1) is 0 Å². The van der Waals surface area contributed by atoms with E-state index in [1.807, 2.05) is 42.6 Å². The molecule has 3 aromatic carbocycles. The highest BCUT2D eigenvalue weighted by molar-refractivity contribution is 6.17. The van der Waals surface area contributed by atoms with Crippen molar-refractivity contribution in [3.05, 3.63) is 95.4 Å². The fraction of sp³-hybridized carbons (Fsp3) is 0.0323. The summed E-state index contributed by atoms with van der Waals surface area (Å²) < 4.78 is 16.0. The zero-order valence-corrected chi connectivity index (χ0v) is 20.6. The average molecular weight is 506 g/mol. The zero-order chi connectivity index (χ0) is 25.4. The van der Waals surface area contributed by atoms with Gasteiger partial charge in [0.15, 0.2) is 23.0 Å². The van der Waals surface area contributed by atoms with Gasteiger partial charge in [-0.3, -0.25) is 9.36 Å². The Labute approximate surface area is 218 Å². The number of quaternary nitrogens is 1. The minimum absolute atomic E-state index is 0.0415. The van der Waals surface area contributed by atoms with Gasteiger partial charge in [0.1, 0.15) is 11.8 Å². The number of imidazole rings is 1. The normalized spacial score (nSPS) is 17.8.